The van der Waals surface area contributed by atoms with Crippen molar-refractivity contribution in [1.29, 1.82) is 0 Å². The molecule has 0 aromatic heterocycles. The number of anilines is 2. The van der Waals surface area contributed by atoms with Crippen molar-refractivity contribution < 1.29 is 9.59 Å². The molecule has 1 unspecified atom stereocenters. The Hall–Kier alpha value is -3.64. The lowest BCUT2D eigenvalue weighted by Crippen LogP contribution is -2.41. The van der Waals surface area contributed by atoms with Crippen LogP contribution in [0.4, 0.5) is 16.2 Å². The monoisotopic (exact) mass is 416 g/mol. The molecule has 3 amide bonds. The Morgan fingerprint density at radius 2 is 1.32 bits per heavy atom. The van der Waals surface area contributed by atoms with Crippen molar-refractivity contribution in [1.82, 2.24) is 10.2 Å². The van der Waals surface area contributed by atoms with Crippen LogP contribution in [0.3, 0.4) is 0 Å². The zero-order valence-electron chi connectivity index (χ0n) is 17.8. The van der Waals surface area contributed by atoms with Gasteiger partial charge in [0.15, 0.2) is 0 Å². The van der Waals surface area contributed by atoms with E-state index in [9.17, 15) is 9.59 Å². The smallest absolute Gasteiger partial charge is 0.323 e. The Kier molecular flexibility index (Phi) is 7.79. The third-order valence-corrected chi connectivity index (χ3v) is 4.98. The Morgan fingerprint density at radius 1 is 0.774 bits per heavy atom. The van der Waals surface area contributed by atoms with Crippen LogP contribution in [-0.4, -0.2) is 43.5 Å². The van der Waals surface area contributed by atoms with E-state index in [1.54, 1.807) is 24.3 Å². The lowest BCUT2D eigenvalue weighted by molar-refractivity contribution is 0.0941. The number of nitrogens with zero attached hydrogens (tertiary/aromatic N) is 1. The molecule has 0 aliphatic carbocycles. The van der Waals surface area contributed by atoms with E-state index >= 15 is 0 Å². The Morgan fingerprint density at radius 3 is 1.90 bits per heavy atom. The summed E-state index contributed by atoms with van der Waals surface area (Å²) in [7, 11) is 4.03. The highest BCUT2D eigenvalue weighted by molar-refractivity contribution is 6.00. The molecule has 3 N–H and O–H groups in total. The van der Waals surface area contributed by atoms with E-state index in [2.05, 4.69) is 33.0 Å². The second-order valence-electron chi connectivity index (χ2n) is 7.54. The van der Waals surface area contributed by atoms with E-state index in [0.29, 0.717) is 23.5 Å². The van der Waals surface area contributed by atoms with E-state index in [-0.39, 0.29) is 18.0 Å². The quantitative estimate of drug-likeness (QED) is 0.514. The topological polar surface area (TPSA) is 73.5 Å². The fourth-order valence-electron chi connectivity index (χ4n) is 3.16. The zero-order valence-corrected chi connectivity index (χ0v) is 17.8. The van der Waals surface area contributed by atoms with Gasteiger partial charge in [-0.25, -0.2) is 4.79 Å². The summed E-state index contributed by atoms with van der Waals surface area (Å²) in [6, 6.07) is 26.1. The van der Waals surface area contributed by atoms with Crippen molar-refractivity contribution in [2.75, 3.05) is 31.3 Å². The zero-order chi connectivity index (χ0) is 22.1. The summed E-state index contributed by atoms with van der Waals surface area (Å²) in [6.07, 6.45) is 0.855. The van der Waals surface area contributed by atoms with Crippen molar-refractivity contribution in [3.05, 3.63) is 96.1 Å². The van der Waals surface area contributed by atoms with E-state index < -0.39 is 0 Å². The van der Waals surface area contributed by atoms with Crippen molar-refractivity contribution in [2.24, 2.45) is 0 Å². The molecule has 0 aliphatic heterocycles. The van der Waals surface area contributed by atoms with Gasteiger partial charge in [-0.05, 0) is 62.5 Å². The molecule has 0 fully saturated rings. The number of amides is 3. The Labute approximate surface area is 183 Å². The number of rotatable bonds is 8. The van der Waals surface area contributed by atoms with Gasteiger partial charge < -0.3 is 20.9 Å². The van der Waals surface area contributed by atoms with Crippen molar-refractivity contribution in [3.8, 4) is 0 Å². The van der Waals surface area contributed by atoms with Crippen LogP contribution >= 0.6 is 0 Å². The highest BCUT2D eigenvalue weighted by atomic mass is 16.2. The molecule has 3 aromatic rings. The molecule has 31 heavy (non-hydrogen) atoms. The van der Waals surface area contributed by atoms with Gasteiger partial charge in [0.2, 0.25) is 0 Å². The van der Waals surface area contributed by atoms with Crippen LogP contribution in [-0.2, 0) is 6.42 Å². The molecule has 0 saturated carbocycles. The van der Waals surface area contributed by atoms with Gasteiger partial charge in [0.25, 0.3) is 5.91 Å². The second-order valence-corrected chi connectivity index (χ2v) is 7.54. The summed E-state index contributed by atoms with van der Waals surface area (Å²) >= 11 is 0. The molecular formula is C25H28N4O2. The molecule has 0 heterocycles. The van der Waals surface area contributed by atoms with Crippen molar-refractivity contribution >= 4 is 23.3 Å². The largest absolute Gasteiger partial charge is 0.350 e. The SMILES string of the molecule is CN(C)C(CNC(=O)c1ccc(NC(=O)Nc2ccccc2)cc1)Cc1ccccc1. The Balaban J connectivity index is 1.51. The molecule has 6 nitrogen and oxygen atoms in total. The maximum atomic E-state index is 12.6. The van der Waals surface area contributed by atoms with E-state index in [1.807, 2.05) is 62.6 Å². The lowest BCUT2D eigenvalue weighted by atomic mass is 10.0. The van der Waals surface area contributed by atoms with Crippen LogP contribution in [0, 0.1) is 0 Å². The normalized spacial score (nSPS) is 11.6. The molecule has 0 spiro atoms. The number of likely N-dealkylation sites (N-methyl/N-ethyl adjacent to an activating group) is 1. The molecule has 3 rings (SSSR count). The molecule has 0 radical (unpaired) electrons. The predicted molar refractivity (Wildman–Crippen MR) is 125 cm³/mol. The van der Waals surface area contributed by atoms with Gasteiger partial charge in [0, 0.05) is 29.5 Å². The molecule has 0 bridgehead atoms. The van der Waals surface area contributed by atoms with Gasteiger partial charge in [-0.15, -0.1) is 0 Å². The number of carbonyl (C=O) groups is 2. The van der Waals surface area contributed by atoms with E-state index in [0.717, 1.165) is 6.42 Å². The summed E-state index contributed by atoms with van der Waals surface area (Å²) in [5.41, 5.74) is 3.10. The number of para-hydroxylation sites is 1. The molecular weight excluding hydrogens is 388 g/mol. The first-order valence-corrected chi connectivity index (χ1v) is 10.2. The second kappa shape index (κ2) is 10.9. The van der Waals surface area contributed by atoms with E-state index in [1.165, 1.54) is 5.56 Å². The molecule has 3 aromatic carbocycles. The molecule has 0 saturated heterocycles. The van der Waals surface area contributed by atoms with Gasteiger partial charge in [0.1, 0.15) is 0 Å². The molecule has 1 atom stereocenters. The van der Waals surface area contributed by atoms with Crippen molar-refractivity contribution in [2.45, 2.75) is 12.5 Å². The maximum absolute atomic E-state index is 12.6. The first kappa shape index (κ1) is 22.1. The van der Waals surface area contributed by atoms with Gasteiger partial charge in [-0.1, -0.05) is 48.5 Å². The first-order valence-electron chi connectivity index (χ1n) is 10.2. The third kappa shape index (κ3) is 6.97. The summed E-state index contributed by atoms with van der Waals surface area (Å²) in [5.74, 6) is -0.139. The summed E-state index contributed by atoms with van der Waals surface area (Å²) in [6.45, 7) is 0.542. The number of hydrogen-bond donors (Lipinski definition) is 3. The van der Waals surface area contributed by atoms with Gasteiger partial charge >= 0.3 is 6.03 Å². The predicted octanol–water partition coefficient (Wildman–Crippen LogP) is 4.23. The number of hydrogen-bond acceptors (Lipinski definition) is 3. The summed E-state index contributed by atoms with van der Waals surface area (Å²) in [4.78, 5) is 26.8. The van der Waals surface area contributed by atoms with Gasteiger partial charge in [-0.2, -0.15) is 0 Å². The first-order chi connectivity index (χ1) is 15.0. The number of benzene rings is 3. The number of nitrogens with one attached hydrogen (secondary N) is 3. The third-order valence-electron chi connectivity index (χ3n) is 4.98. The van der Waals surface area contributed by atoms with Crippen LogP contribution in [0.1, 0.15) is 15.9 Å². The average Bonchev–Trinajstić information content (AvgIpc) is 2.78. The average molecular weight is 417 g/mol. The summed E-state index contributed by atoms with van der Waals surface area (Å²) in [5, 5.41) is 8.53. The lowest BCUT2D eigenvalue weighted by Gasteiger charge is -2.24. The van der Waals surface area contributed by atoms with Gasteiger partial charge in [-0.3, -0.25) is 4.79 Å². The Bertz CT molecular complexity index is 973. The fraction of sp³-hybridized carbons (Fsp3) is 0.200. The highest BCUT2D eigenvalue weighted by Gasteiger charge is 2.14. The van der Waals surface area contributed by atoms with Crippen molar-refractivity contribution in [3.63, 3.8) is 0 Å². The van der Waals surface area contributed by atoms with Crippen LogP contribution in [0.25, 0.3) is 0 Å². The van der Waals surface area contributed by atoms with E-state index in [4.69, 9.17) is 0 Å². The number of carbonyl (C=O) groups excluding carboxylic acids is 2. The standard InChI is InChI=1S/C25H28N4O2/c1-29(2)23(17-19-9-5-3-6-10-19)18-26-24(30)20-13-15-22(16-14-20)28-25(31)27-21-11-7-4-8-12-21/h3-16,23H,17-18H2,1-2H3,(H,26,30)(H2,27,28,31). The minimum Gasteiger partial charge on any atom is -0.350 e. The molecule has 160 valence electrons. The minimum atomic E-state index is -0.335. The van der Waals surface area contributed by atoms with Crippen LogP contribution < -0.4 is 16.0 Å². The highest BCUT2D eigenvalue weighted by Crippen LogP contribution is 2.12. The number of urea groups is 1. The van der Waals surface area contributed by atoms with Gasteiger partial charge in [0.05, 0.1) is 0 Å². The van der Waals surface area contributed by atoms with Crippen LogP contribution in [0.2, 0.25) is 0 Å². The summed E-state index contributed by atoms with van der Waals surface area (Å²) < 4.78 is 0. The van der Waals surface area contributed by atoms with Crippen LogP contribution in [0.15, 0.2) is 84.9 Å². The molecule has 6 heteroatoms. The maximum Gasteiger partial charge on any atom is 0.323 e. The minimum absolute atomic E-state index is 0.139. The molecule has 0 aliphatic rings. The fourth-order valence-corrected chi connectivity index (χ4v) is 3.16. The van der Waals surface area contributed by atoms with Crippen LogP contribution in [0.5, 0.6) is 0 Å².